The van der Waals surface area contributed by atoms with Crippen molar-refractivity contribution in [2.24, 2.45) is 5.92 Å². The van der Waals surface area contributed by atoms with E-state index in [9.17, 15) is 13.8 Å². The van der Waals surface area contributed by atoms with Crippen LogP contribution < -0.4 is 0 Å². The summed E-state index contributed by atoms with van der Waals surface area (Å²) in [6.07, 6.45) is 1.45. The van der Waals surface area contributed by atoms with Crippen molar-refractivity contribution in [2.45, 2.75) is 39.4 Å². The van der Waals surface area contributed by atoms with Crippen LogP contribution in [0.2, 0.25) is 0 Å². The van der Waals surface area contributed by atoms with Gasteiger partial charge in [0, 0.05) is 29.5 Å². The number of oxazole rings is 1. The van der Waals surface area contributed by atoms with E-state index < -0.39 is 10.8 Å². The lowest BCUT2D eigenvalue weighted by molar-refractivity contribution is -0.151. The number of aryl methyl sites for hydroxylation is 2. The molecule has 3 rings (SSSR count). The number of likely N-dealkylation sites (tertiary alicyclic amines) is 1. The van der Waals surface area contributed by atoms with Crippen LogP contribution >= 0.6 is 0 Å². The van der Waals surface area contributed by atoms with Gasteiger partial charge in [-0.2, -0.15) is 0 Å². The van der Waals surface area contributed by atoms with E-state index in [4.69, 9.17) is 9.15 Å². The molecule has 1 fully saturated rings. The van der Waals surface area contributed by atoms with Crippen molar-refractivity contribution in [3.63, 3.8) is 0 Å². The Labute approximate surface area is 179 Å². The van der Waals surface area contributed by atoms with E-state index in [0.717, 1.165) is 17.5 Å². The normalized spacial score (nSPS) is 17.6. The average Bonchev–Trinajstić information content (AvgIpc) is 3.08. The Hall–Kier alpha value is -2.48. The summed E-state index contributed by atoms with van der Waals surface area (Å²) in [7, 11) is -1.42. The Morgan fingerprint density at radius 1 is 1.30 bits per heavy atom. The predicted molar refractivity (Wildman–Crippen MR) is 114 cm³/mol. The van der Waals surface area contributed by atoms with Gasteiger partial charge in [0.15, 0.2) is 0 Å². The molecule has 0 bridgehead atoms. The molecule has 1 saturated heterocycles. The van der Waals surface area contributed by atoms with E-state index in [1.54, 1.807) is 18.7 Å². The number of carbonyl (C=O) groups excluding carboxylic acids is 2. The molecular weight excluding hydrogens is 404 g/mol. The maximum Gasteiger partial charge on any atom is 0.310 e. The maximum atomic E-state index is 12.6. The van der Waals surface area contributed by atoms with Crippen LogP contribution in [0, 0.1) is 19.8 Å². The summed E-state index contributed by atoms with van der Waals surface area (Å²) >= 11 is 0. The van der Waals surface area contributed by atoms with E-state index >= 15 is 0 Å². The van der Waals surface area contributed by atoms with Crippen LogP contribution in [-0.4, -0.2) is 51.4 Å². The van der Waals surface area contributed by atoms with Crippen molar-refractivity contribution >= 4 is 22.7 Å². The van der Waals surface area contributed by atoms with Crippen LogP contribution in [0.5, 0.6) is 0 Å². The number of piperidine rings is 1. The highest BCUT2D eigenvalue weighted by Crippen LogP contribution is 2.25. The molecule has 1 aromatic carbocycles. The fraction of sp³-hybridized carbons (Fsp3) is 0.500. The molecule has 0 saturated carbocycles. The first-order chi connectivity index (χ1) is 14.4. The molecule has 2 aromatic rings. The van der Waals surface area contributed by atoms with Gasteiger partial charge in [0.2, 0.25) is 11.8 Å². The van der Waals surface area contributed by atoms with E-state index in [2.05, 4.69) is 4.98 Å². The lowest BCUT2D eigenvalue weighted by Crippen LogP contribution is -2.44. The molecule has 0 aliphatic carbocycles. The van der Waals surface area contributed by atoms with Gasteiger partial charge in [-0.05, 0) is 45.2 Å². The summed E-state index contributed by atoms with van der Waals surface area (Å²) in [4.78, 5) is 30.7. The lowest BCUT2D eigenvalue weighted by atomic mass is 9.98. The summed E-state index contributed by atoms with van der Waals surface area (Å²) in [5.41, 5.74) is 2.54. The van der Waals surface area contributed by atoms with Crippen LogP contribution in [0.15, 0.2) is 28.7 Å². The number of amides is 1. The lowest BCUT2D eigenvalue weighted by Gasteiger charge is -2.31. The largest absolute Gasteiger partial charge is 0.466 e. The first-order valence-corrected chi connectivity index (χ1v) is 11.7. The number of benzene rings is 1. The maximum absolute atomic E-state index is 12.6. The molecular formula is C22H28N2O5S. The molecule has 2 heterocycles. The molecule has 1 amide bonds. The predicted octanol–water partition coefficient (Wildman–Crippen LogP) is 3.01. The molecule has 8 heteroatoms. The van der Waals surface area contributed by atoms with E-state index in [0.29, 0.717) is 43.5 Å². The fourth-order valence-electron chi connectivity index (χ4n) is 3.58. The zero-order valence-electron chi connectivity index (χ0n) is 17.7. The number of nitrogens with zero attached hydrogens (tertiary/aromatic N) is 2. The molecule has 0 radical (unpaired) electrons. The zero-order chi connectivity index (χ0) is 21.7. The highest BCUT2D eigenvalue weighted by atomic mass is 32.2. The van der Waals surface area contributed by atoms with Crippen LogP contribution in [-0.2, 0) is 30.9 Å². The van der Waals surface area contributed by atoms with Crippen molar-refractivity contribution in [1.29, 1.82) is 0 Å². The van der Waals surface area contributed by atoms with E-state index in [-0.39, 0.29) is 29.3 Å². The summed E-state index contributed by atoms with van der Waals surface area (Å²) in [6.45, 7) is 6.77. The third-order valence-electron chi connectivity index (χ3n) is 5.24. The van der Waals surface area contributed by atoms with Gasteiger partial charge < -0.3 is 14.1 Å². The average molecular weight is 433 g/mol. The van der Waals surface area contributed by atoms with E-state index in [1.165, 1.54) is 0 Å². The summed E-state index contributed by atoms with van der Waals surface area (Å²) in [5.74, 6) is 0.391. The smallest absolute Gasteiger partial charge is 0.310 e. The molecule has 1 aliphatic heterocycles. The molecule has 7 nitrogen and oxygen atoms in total. The first-order valence-electron chi connectivity index (χ1n) is 10.2. The van der Waals surface area contributed by atoms with Crippen molar-refractivity contribution in [3.05, 3.63) is 41.3 Å². The Kier molecular flexibility index (Phi) is 7.42. The minimum atomic E-state index is -1.42. The fourth-order valence-corrected chi connectivity index (χ4v) is 4.71. The minimum Gasteiger partial charge on any atom is -0.466 e. The van der Waals surface area contributed by atoms with Gasteiger partial charge >= 0.3 is 5.97 Å². The number of carbonyl (C=O) groups is 2. The number of esters is 1. The van der Waals surface area contributed by atoms with Gasteiger partial charge in [0.25, 0.3) is 0 Å². The summed E-state index contributed by atoms with van der Waals surface area (Å²) in [6, 6.07) is 7.78. The van der Waals surface area contributed by atoms with Crippen LogP contribution in [0.3, 0.4) is 0 Å². The summed E-state index contributed by atoms with van der Waals surface area (Å²) in [5, 5.41) is 0. The summed E-state index contributed by atoms with van der Waals surface area (Å²) < 4.78 is 23.5. The quantitative estimate of drug-likeness (QED) is 0.625. The Bertz CT molecular complexity index is 939. The number of hydrogen-bond donors (Lipinski definition) is 0. The molecule has 2 atom stereocenters. The molecule has 0 unspecified atom stereocenters. The Morgan fingerprint density at radius 3 is 2.80 bits per heavy atom. The molecule has 0 spiro atoms. The van der Waals surface area contributed by atoms with Gasteiger partial charge in [-0.15, -0.1) is 0 Å². The van der Waals surface area contributed by atoms with Crippen molar-refractivity contribution in [3.8, 4) is 11.5 Å². The van der Waals surface area contributed by atoms with Gasteiger partial charge in [-0.3, -0.25) is 13.8 Å². The van der Waals surface area contributed by atoms with E-state index in [1.807, 2.05) is 31.2 Å². The van der Waals surface area contributed by atoms with Crippen molar-refractivity contribution in [2.75, 3.05) is 25.4 Å². The second-order valence-corrected chi connectivity index (χ2v) is 8.95. The molecule has 0 N–H and O–H groups in total. The molecule has 30 heavy (non-hydrogen) atoms. The van der Waals surface area contributed by atoms with Crippen LogP contribution in [0.4, 0.5) is 0 Å². The SMILES string of the molecule is CCOC(=O)[C@@H]1CCCN(C(=O)C[S@](=O)Cc2nc(-c3ccccc3C)oc2C)C1. The van der Waals surface area contributed by atoms with Gasteiger partial charge in [0.05, 0.1) is 24.0 Å². The Morgan fingerprint density at radius 2 is 2.07 bits per heavy atom. The second kappa shape index (κ2) is 10.0. The first kappa shape index (κ1) is 22.2. The topological polar surface area (TPSA) is 89.7 Å². The molecule has 1 aliphatic rings. The van der Waals surface area contributed by atoms with Gasteiger partial charge in [-0.25, -0.2) is 4.98 Å². The van der Waals surface area contributed by atoms with Crippen molar-refractivity contribution < 1.29 is 23.0 Å². The van der Waals surface area contributed by atoms with Crippen LogP contribution in [0.25, 0.3) is 11.5 Å². The highest BCUT2D eigenvalue weighted by Gasteiger charge is 2.30. The molecule has 162 valence electrons. The third-order valence-corrected chi connectivity index (χ3v) is 6.41. The van der Waals surface area contributed by atoms with Gasteiger partial charge in [0.1, 0.15) is 11.5 Å². The monoisotopic (exact) mass is 432 g/mol. The number of ether oxygens (including phenoxy) is 1. The zero-order valence-corrected chi connectivity index (χ0v) is 18.5. The van der Waals surface area contributed by atoms with Crippen LogP contribution in [0.1, 0.15) is 36.8 Å². The number of aromatic nitrogens is 1. The highest BCUT2D eigenvalue weighted by molar-refractivity contribution is 7.84. The number of rotatable bonds is 7. The standard InChI is InChI=1S/C22H28N2O5S/c1-4-28-22(26)17-9-7-11-24(12-17)20(25)14-30(27)13-19-16(3)29-21(23-19)18-10-6-5-8-15(18)2/h5-6,8,10,17H,4,7,9,11-14H2,1-3H3/t17-,30-/m1/s1. The second-order valence-electron chi connectivity index (χ2n) is 7.50. The molecule has 1 aromatic heterocycles. The Balaban J connectivity index is 1.60. The van der Waals surface area contributed by atoms with Crippen molar-refractivity contribution in [1.82, 2.24) is 9.88 Å². The van der Waals surface area contributed by atoms with Gasteiger partial charge in [-0.1, -0.05) is 18.2 Å². The third kappa shape index (κ3) is 5.36. The number of hydrogen-bond acceptors (Lipinski definition) is 6. The minimum absolute atomic E-state index is 0.0957.